The number of carbonyl (C=O) groups excluding carboxylic acids is 1. The minimum Gasteiger partial charge on any atom is -0.550 e. The van der Waals surface area contributed by atoms with Gasteiger partial charge in [-0.3, -0.25) is 0 Å². The summed E-state index contributed by atoms with van der Waals surface area (Å²) in [4.78, 5) is 10.2. The van der Waals surface area contributed by atoms with E-state index in [4.69, 9.17) is 0 Å². The zero-order valence-electron chi connectivity index (χ0n) is 6.30. The second-order valence-electron chi connectivity index (χ2n) is 2.93. The number of carbonyl (C=O) groups is 1. The monoisotopic (exact) mass is 329 g/mol. The second-order valence-corrected chi connectivity index (χ2v) is 2.93. The Kier molecular flexibility index (Phi) is 4.49. The van der Waals surface area contributed by atoms with Crippen LogP contribution < -0.4 is 5.11 Å². The molecule has 0 spiro atoms. The van der Waals surface area contributed by atoms with Crippen molar-refractivity contribution in [1.29, 1.82) is 0 Å². The summed E-state index contributed by atoms with van der Waals surface area (Å²) < 4.78 is 0. The van der Waals surface area contributed by atoms with Crippen LogP contribution in [0.3, 0.4) is 0 Å². The Hall–Kier alpha value is 0.405. The number of aliphatic carboxylic acids is 1. The van der Waals surface area contributed by atoms with Crippen LogP contribution in [0.1, 0.15) is 26.2 Å². The normalized spacial score (nSPS) is 31.3. The van der Waals surface area contributed by atoms with Crippen molar-refractivity contribution in [3.05, 3.63) is 0 Å². The first kappa shape index (κ1) is 10.4. The standard InChI is InChI=1S/C7H12O2.Hg/c1-5-2-3-6(4-5)7(8)9;/h5-6H,2-4H2,1H3,(H,8,9);/q;+1/p-1. The van der Waals surface area contributed by atoms with Crippen molar-refractivity contribution in [2.75, 3.05) is 0 Å². The third-order valence-corrected chi connectivity index (χ3v) is 2.03. The summed E-state index contributed by atoms with van der Waals surface area (Å²) in [5, 5.41) is 10.2. The molecule has 53 valence electrons. The molecule has 0 aromatic carbocycles. The van der Waals surface area contributed by atoms with E-state index < -0.39 is 5.97 Å². The van der Waals surface area contributed by atoms with Crippen LogP contribution in [0.15, 0.2) is 0 Å². The maximum absolute atomic E-state index is 10.2. The average molecular weight is 328 g/mol. The van der Waals surface area contributed by atoms with Crippen LogP contribution in [0, 0.1) is 11.8 Å². The molecule has 0 aromatic heterocycles. The molecule has 0 aromatic rings. The summed E-state index contributed by atoms with van der Waals surface area (Å²) in [5.74, 6) is -0.424. The maximum atomic E-state index is 10.2. The van der Waals surface area contributed by atoms with Gasteiger partial charge >= 0.3 is 27.7 Å². The SMILES string of the molecule is CC1CCC(C(=O)[O-])C1.[Hg+]. The Morgan fingerprint density at radius 2 is 2.10 bits per heavy atom. The van der Waals surface area contributed by atoms with Crippen molar-refractivity contribution >= 4 is 5.97 Å². The average Bonchev–Trinajstić information content (AvgIpc) is 2.14. The van der Waals surface area contributed by atoms with Gasteiger partial charge in [-0.15, -0.1) is 0 Å². The summed E-state index contributed by atoms with van der Waals surface area (Å²) in [6, 6.07) is 0. The molecule has 1 saturated carbocycles. The maximum Gasteiger partial charge on any atom is 1.00 e. The van der Waals surface area contributed by atoms with E-state index in [2.05, 4.69) is 6.92 Å². The van der Waals surface area contributed by atoms with Gasteiger partial charge in [0.05, 0.1) is 0 Å². The van der Waals surface area contributed by atoms with E-state index in [1.54, 1.807) is 0 Å². The first-order valence-corrected chi connectivity index (χ1v) is 3.41. The molecule has 0 amide bonds. The van der Waals surface area contributed by atoms with Crippen molar-refractivity contribution in [1.82, 2.24) is 0 Å². The molecule has 2 atom stereocenters. The van der Waals surface area contributed by atoms with Gasteiger partial charge in [-0.05, 0) is 24.7 Å². The fourth-order valence-corrected chi connectivity index (χ4v) is 1.42. The number of hydrogen-bond acceptors (Lipinski definition) is 2. The Balaban J connectivity index is 0.000000810. The molecule has 1 aliphatic carbocycles. The van der Waals surface area contributed by atoms with Gasteiger partial charge in [-0.2, -0.15) is 0 Å². The molecule has 1 radical (unpaired) electrons. The summed E-state index contributed by atoms with van der Waals surface area (Å²) >= 11 is 0. The molecule has 0 N–H and O–H groups in total. The number of carboxylic acids is 1. The van der Waals surface area contributed by atoms with Crippen molar-refractivity contribution in [2.45, 2.75) is 26.2 Å². The van der Waals surface area contributed by atoms with Gasteiger partial charge in [0.2, 0.25) is 0 Å². The summed E-state index contributed by atoms with van der Waals surface area (Å²) in [6.07, 6.45) is 2.70. The summed E-state index contributed by atoms with van der Waals surface area (Å²) in [5.41, 5.74) is 0. The van der Waals surface area contributed by atoms with E-state index in [-0.39, 0.29) is 33.6 Å². The number of carboxylic acid groups (broad SMARTS) is 1. The topological polar surface area (TPSA) is 40.1 Å². The van der Waals surface area contributed by atoms with Gasteiger partial charge in [0.1, 0.15) is 0 Å². The molecule has 10 heavy (non-hydrogen) atoms. The zero-order chi connectivity index (χ0) is 6.85. The van der Waals surface area contributed by atoms with E-state index in [1.165, 1.54) is 0 Å². The van der Waals surface area contributed by atoms with Gasteiger partial charge in [-0.1, -0.05) is 13.3 Å². The van der Waals surface area contributed by atoms with Crippen LogP contribution in [-0.2, 0) is 32.5 Å². The molecule has 0 aliphatic heterocycles. The van der Waals surface area contributed by atoms with E-state index in [9.17, 15) is 9.90 Å². The number of hydrogen-bond donors (Lipinski definition) is 0. The third-order valence-electron chi connectivity index (χ3n) is 2.03. The van der Waals surface area contributed by atoms with Crippen LogP contribution in [0.25, 0.3) is 0 Å². The summed E-state index contributed by atoms with van der Waals surface area (Å²) in [7, 11) is 0. The van der Waals surface area contributed by atoms with Crippen LogP contribution in [-0.4, -0.2) is 5.97 Å². The molecular formula is C7H11HgO2. The van der Waals surface area contributed by atoms with E-state index >= 15 is 0 Å². The van der Waals surface area contributed by atoms with Gasteiger partial charge in [0.15, 0.2) is 0 Å². The van der Waals surface area contributed by atoms with Crippen LogP contribution >= 0.6 is 0 Å². The van der Waals surface area contributed by atoms with Crippen LogP contribution in [0.4, 0.5) is 0 Å². The molecule has 0 bridgehead atoms. The molecule has 1 fully saturated rings. The van der Waals surface area contributed by atoms with Crippen molar-refractivity contribution in [2.24, 2.45) is 11.8 Å². The quantitative estimate of drug-likeness (QED) is 0.644. The van der Waals surface area contributed by atoms with Crippen LogP contribution in [0.5, 0.6) is 0 Å². The van der Waals surface area contributed by atoms with E-state index in [0.29, 0.717) is 5.92 Å². The van der Waals surface area contributed by atoms with Crippen molar-refractivity contribution in [3.63, 3.8) is 0 Å². The molecule has 0 heterocycles. The fourth-order valence-electron chi connectivity index (χ4n) is 1.42. The largest absolute Gasteiger partial charge is 1.00 e. The van der Waals surface area contributed by atoms with Gasteiger partial charge < -0.3 is 9.90 Å². The van der Waals surface area contributed by atoms with Crippen molar-refractivity contribution in [3.8, 4) is 0 Å². The Morgan fingerprint density at radius 3 is 2.30 bits per heavy atom. The van der Waals surface area contributed by atoms with E-state index in [0.717, 1.165) is 19.3 Å². The zero-order valence-corrected chi connectivity index (χ0v) is 11.8. The molecule has 0 saturated heterocycles. The molecular weight excluding hydrogens is 317 g/mol. The Morgan fingerprint density at radius 1 is 1.50 bits per heavy atom. The van der Waals surface area contributed by atoms with Crippen molar-refractivity contribution < 1.29 is 37.6 Å². The minimum absolute atomic E-state index is 0. The predicted octanol–water partition coefficient (Wildman–Crippen LogP) is 0.170. The molecule has 1 aliphatic rings. The van der Waals surface area contributed by atoms with Gasteiger partial charge in [-0.25, -0.2) is 0 Å². The van der Waals surface area contributed by atoms with Gasteiger partial charge in [0.25, 0.3) is 0 Å². The summed E-state index contributed by atoms with van der Waals surface area (Å²) in [6.45, 7) is 2.09. The first-order valence-electron chi connectivity index (χ1n) is 3.41. The third kappa shape index (κ3) is 2.56. The first-order chi connectivity index (χ1) is 4.20. The smallest absolute Gasteiger partial charge is 0.550 e. The molecule has 1 rings (SSSR count). The minimum atomic E-state index is -0.862. The molecule has 2 nitrogen and oxygen atoms in total. The van der Waals surface area contributed by atoms with E-state index in [1.807, 2.05) is 0 Å². The fraction of sp³-hybridized carbons (Fsp3) is 0.857. The number of rotatable bonds is 1. The van der Waals surface area contributed by atoms with Crippen LogP contribution in [0.2, 0.25) is 0 Å². The van der Waals surface area contributed by atoms with Gasteiger partial charge in [0, 0.05) is 5.97 Å². The Labute approximate surface area is 81.5 Å². The second kappa shape index (κ2) is 4.32. The Bertz CT molecular complexity index is 125. The molecule has 2 unspecified atom stereocenters. The predicted molar refractivity (Wildman–Crippen MR) is 31.5 cm³/mol. The molecule has 3 heteroatoms.